The van der Waals surface area contributed by atoms with Crippen LogP contribution < -0.4 is 9.80 Å². The van der Waals surface area contributed by atoms with E-state index < -0.39 is 5.41 Å². The summed E-state index contributed by atoms with van der Waals surface area (Å²) >= 11 is 0. The third-order valence-electron chi connectivity index (χ3n) is 13.4. The molecule has 0 heterocycles. The van der Waals surface area contributed by atoms with Crippen molar-refractivity contribution in [3.8, 4) is 22.3 Å². The molecule has 1 unspecified atom stereocenters. The summed E-state index contributed by atoms with van der Waals surface area (Å²) in [7, 11) is 0. The molecular weight excluding hydrogens is 773 g/mol. The fraction of sp³-hybridized carbons (Fsp3) is 0.0323. The molecule has 0 aromatic heterocycles. The lowest BCUT2D eigenvalue weighted by atomic mass is 9.67. The van der Waals surface area contributed by atoms with Gasteiger partial charge in [0.25, 0.3) is 0 Å². The molecule has 0 bridgehead atoms. The average molecular weight is 817 g/mol. The number of nitrogens with zero attached hydrogens (tertiary/aromatic N) is 2. The van der Waals surface area contributed by atoms with Gasteiger partial charge in [0, 0.05) is 40.0 Å². The van der Waals surface area contributed by atoms with Gasteiger partial charge in [-0.05, 0) is 134 Å². The number of para-hydroxylation sites is 2. The number of benzene rings is 10. The van der Waals surface area contributed by atoms with E-state index in [9.17, 15) is 0 Å². The van der Waals surface area contributed by atoms with Gasteiger partial charge in [-0.15, -0.1) is 0 Å². The van der Waals surface area contributed by atoms with E-state index in [0.717, 1.165) is 34.1 Å². The molecule has 2 aliphatic rings. The first kappa shape index (κ1) is 37.6. The van der Waals surface area contributed by atoms with E-state index in [2.05, 4.69) is 271 Å². The minimum atomic E-state index is -0.522. The molecule has 10 aromatic carbocycles. The Morgan fingerprint density at radius 1 is 0.266 bits per heavy atom. The van der Waals surface area contributed by atoms with Crippen molar-refractivity contribution >= 4 is 34.1 Å². The predicted octanol–water partition coefficient (Wildman–Crippen LogP) is 16.1. The zero-order valence-electron chi connectivity index (χ0n) is 35.3. The second-order valence-electron chi connectivity index (χ2n) is 16.8. The predicted molar refractivity (Wildman–Crippen MR) is 266 cm³/mol. The average Bonchev–Trinajstić information content (AvgIpc) is 3.87. The lowest BCUT2D eigenvalue weighted by Crippen LogP contribution is -2.28. The minimum absolute atomic E-state index is 0.174. The quantitative estimate of drug-likeness (QED) is 0.143. The van der Waals surface area contributed by atoms with Gasteiger partial charge in [0.1, 0.15) is 0 Å². The van der Waals surface area contributed by atoms with Crippen LogP contribution in [0.2, 0.25) is 0 Å². The van der Waals surface area contributed by atoms with E-state index in [-0.39, 0.29) is 5.92 Å². The molecule has 0 spiro atoms. The van der Waals surface area contributed by atoms with Crippen LogP contribution >= 0.6 is 0 Å². The van der Waals surface area contributed by atoms with E-state index in [1.54, 1.807) is 0 Å². The molecule has 12 rings (SSSR count). The van der Waals surface area contributed by atoms with E-state index in [0.29, 0.717) is 0 Å². The Morgan fingerprint density at radius 2 is 0.672 bits per heavy atom. The highest BCUT2D eigenvalue weighted by Crippen LogP contribution is 2.57. The van der Waals surface area contributed by atoms with Gasteiger partial charge in [0.05, 0.1) is 5.41 Å². The summed E-state index contributed by atoms with van der Waals surface area (Å²) in [6, 6.07) is 95.7. The number of anilines is 6. The smallest absolute Gasteiger partial charge is 0.0714 e. The second kappa shape index (κ2) is 15.6. The van der Waals surface area contributed by atoms with Crippen LogP contribution in [-0.4, -0.2) is 0 Å². The zero-order chi connectivity index (χ0) is 42.5. The summed E-state index contributed by atoms with van der Waals surface area (Å²) in [6.45, 7) is 0. The molecule has 302 valence electrons. The third kappa shape index (κ3) is 6.02. The molecule has 64 heavy (non-hydrogen) atoms. The topological polar surface area (TPSA) is 6.48 Å². The molecular formula is C62H44N2. The van der Waals surface area contributed by atoms with Gasteiger partial charge in [-0.1, -0.05) is 188 Å². The molecule has 0 saturated carbocycles. The number of hydrogen-bond acceptors (Lipinski definition) is 2. The maximum absolute atomic E-state index is 2.45. The Balaban J connectivity index is 1.06. The van der Waals surface area contributed by atoms with E-state index in [1.807, 2.05) is 0 Å². The Kier molecular flexibility index (Phi) is 9.16. The maximum atomic E-state index is 2.45. The van der Waals surface area contributed by atoms with Crippen molar-refractivity contribution in [2.24, 2.45) is 0 Å². The summed E-state index contributed by atoms with van der Waals surface area (Å²) in [5, 5.41) is 0. The Bertz CT molecular complexity index is 3180. The molecule has 0 saturated heterocycles. The van der Waals surface area contributed by atoms with Crippen LogP contribution in [0, 0.1) is 0 Å². The minimum Gasteiger partial charge on any atom is -0.311 e. The van der Waals surface area contributed by atoms with Crippen molar-refractivity contribution in [3.05, 3.63) is 300 Å². The Labute approximate surface area is 375 Å². The van der Waals surface area contributed by atoms with Crippen molar-refractivity contribution in [2.75, 3.05) is 9.80 Å². The zero-order valence-corrected chi connectivity index (χ0v) is 35.3. The van der Waals surface area contributed by atoms with Gasteiger partial charge in [-0.2, -0.15) is 0 Å². The molecule has 0 fully saturated rings. The van der Waals surface area contributed by atoms with Crippen molar-refractivity contribution in [2.45, 2.75) is 11.3 Å². The van der Waals surface area contributed by atoms with Crippen molar-refractivity contribution < 1.29 is 0 Å². The van der Waals surface area contributed by atoms with Gasteiger partial charge >= 0.3 is 0 Å². The third-order valence-corrected chi connectivity index (χ3v) is 13.4. The first-order valence-electron chi connectivity index (χ1n) is 22.2. The van der Waals surface area contributed by atoms with E-state index >= 15 is 0 Å². The van der Waals surface area contributed by atoms with E-state index in [1.165, 1.54) is 61.2 Å². The monoisotopic (exact) mass is 816 g/mol. The highest BCUT2D eigenvalue weighted by Gasteiger charge is 2.46. The number of fused-ring (bicyclic) bond motifs is 6. The molecule has 2 heteroatoms. The molecule has 2 nitrogen and oxygen atoms in total. The number of hydrogen-bond donors (Lipinski definition) is 0. The molecule has 0 amide bonds. The molecule has 1 atom stereocenters. The number of rotatable bonds is 9. The summed E-state index contributed by atoms with van der Waals surface area (Å²) in [5.74, 6) is 0.174. The van der Waals surface area contributed by atoms with Gasteiger partial charge in [-0.3, -0.25) is 0 Å². The fourth-order valence-corrected chi connectivity index (χ4v) is 10.7. The Morgan fingerprint density at radius 3 is 1.28 bits per heavy atom. The second-order valence-corrected chi connectivity index (χ2v) is 16.8. The molecule has 0 aliphatic heterocycles. The standard InChI is InChI=1S/C62H44N2/c1-5-20-44(21-6-1)61-56-33-14-13-30-53(56)58-43-52(40-41-57(58)61)64(50-38-36-49(37-39-50)63(47-25-9-3-10-26-47)48-27-11-4-12-28-48)51-29-19-24-46(42-51)62(45-22-7-2-8-23-45)59-34-17-15-31-54(59)55-32-16-18-35-60(55)62/h1-43,61H. The van der Waals surface area contributed by atoms with Crippen molar-refractivity contribution in [1.29, 1.82) is 0 Å². The summed E-state index contributed by atoms with van der Waals surface area (Å²) in [4.78, 5) is 4.77. The van der Waals surface area contributed by atoms with Crippen LogP contribution in [0.15, 0.2) is 261 Å². The van der Waals surface area contributed by atoms with E-state index in [4.69, 9.17) is 0 Å². The van der Waals surface area contributed by atoms with Crippen LogP contribution in [0.25, 0.3) is 22.3 Å². The van der Waals surface area contributed by atoms with Crippen molar-refractivity contribution in [1.82, 2.24) is 0 Å². The van der Waals surface area contributed by atoms with Crippen LogP contribution in [-0.2, 0) is 5.41 Å². The highest BCUT2D eigenvalue weighted by molar-refractivity contribution is 5.90. The van der Waals surface area contributed by atoms with Crippen LogP contribution in [0.5, 0.6) is 0 Å². The van der Waals surface area contributed by atoms with Gasteiger partial charge in [0.15, 0.2) is 0 Å². The van der Waals surface area contributed by atoms with Gasteiger partial charge in [0.2, 0.25) is 0 Å². The van der Waals surface area contributed by atoms with Gasteiger partial charge in [-0.25, -0.2) is 0 Å². The SMILES string of the molecule is c1ccc(C2c3ccccc3-c3cc(N(c4ccc(N(c5ccccc5)c5ccccc5)cc4)c4cccc(C5(c6ccccc6)c6ccccc6-c6ccccc65)c4)ccc32)cc1. The molecule has 0 radical (unpaired) electrons. The lowest BCUT2D eigenvalue weighted by Gasteiger charge is -2.35. The summed E-state index contributed by atoms with van der Waals surface area (Å²) in [6.07, 6.45) is 0. The summed E-state index contributed by atoms with van der Waals surface area (Å²) in [5.41, 5.74) is 20.3. The fourth-order valence-electron chi connectivity index (χ4n) is 10.7. The maximum Gasteiger partial charge on any atom is 0.0714 e. The Hall–Kier alpha value is -8.20. The lowest BCUT2D eigenvalue weighted by molar-refractivity contribution is 0.768. The summed E-state index contributed by atoms with van der Waals surface area (Å²) < 4.78 is 0. The molecule has 10 aromatic rings. The van der Waals surface area contributed by atoms with Crippen LogP contribution in [0.3, 0.4) is 0 Å². The largest absolute Gasteiger partial charge is 0.311 e. The van der Waals surface area contributed by atoms with Gasteiger partial charge < -0.3 is 9.80 Å². The first-order valence-corrected chi connectivity index (χ1v) is 22.2. The van der Waals surface area contributed by atoms with Crippen LogP contribution in [0.1, 0.15) is 44.9 Å². The highest BCUT2D eigenvalue weighted by atomic mass is 15.2. The van der Waals surface area contributed by atoms with Crippen molar-refractivity contribution in [3.63, 3.8) is 0 Å². The van der Waals surface area contributed by atoms with Crippen LogP contribution in [0.4, 0.5) is 34.1 Å². The first-order chi connectivity index (χ1) is 31.8. The molecule has 0 N–H and O–H groups in total. The normalized spacial score (nSPS) is 13.9. The molecule has 2 aliphatic carbocycles.